The molecule has 0 aliphatic heterocycles. The van der Waals surface area contributed by atoms with E-state index < -0.39 is 0 Å². The van der Waals surface area contributed by atoms with Gasteiger partial charge in [0, 0.05) is 12.6 Å². The summed E-state index contributed by atoms with van der Waals surface area (Å²) < 4.78 is 1.87. The van der Waals surface area contributed by atoms with Crippen LogP contribution in [0.3, 0.4) is 0 Å². The van der Waals surface area contributed by atoms with Crippen molar-refractivity contribution in [3.63, 3.8) is 0 Å². The van der Waals surface area contributed by atoms with E-state index in [2.05, 4.69) is 21.0 Å². The number of nitriles is 1. The highest BCUT2D eigenvalue weighted by Gasteiger charge is 2.14. The minimum atomic E-state index is 0.151. The SMILES string of the molecule is CN(c1cnc(C#N)c(-c2ccc(O)cc2)n1)n1cnc2ccccc21. The highest BCUT2D eigenvalue weighted by Crippen LogP contribution is 2.25. The third-order valence-corrected chi connectivity index (χ3v) is 4.10. The molecule has 0 aliphatic rings. The molecule has 0 spiro atoms. The average molecular weight is 342 g/mol. The Hall–Kier alpha value is -3.92. The van der Waals surface area contributed by atoms with Crippen molar-refractivity contribution in [1.29, 1.82) is 5.26 Å². The van der Waals surface area contributed by atoms with Crippen LogP contribution in [0, 0.1) is 11.3 Å². The molecule has 7 nitrogen and oxygen atoms in total. The molecule has 7 heteroatoms. The number of anilines is 1. The summed E-state index contributed by atoms with van der Waals surface area (Å²) in [4.78, 5) is 13.2. The summed E-state index contributed by atoms with van der Waals surface area (Å²) >= 11 is 0. The Bertz CT molecular complexity index is 1130. The van der Waals surface area contributed by atoms with Crippen molar-refractivity contribution in [2.45, 2.75) is 0 Å². The molecule has 4 aromatic rings. The van der Waals surface area contributed by atoms with Crippen molar-refractivity contribution < 1.29 is 5.11 Å². The van der Waals surface area contributed by atoms with Gasteiger partial charge in [-0.25, -0.2) is 19.6 Å². The van der Waals surface area contributed by atoms with Gasteiger partial charge in [0.15, 0.2) is 11.5 Å². The van der Waals surface area contributed by atoms with Gasteiger partial charge in [0.2, 0.25) is 0 Å². The molecular formula is C19H14N6O. The molecule has 2 aromatic carbocycles. The fourth-order valence-electron chi connectivity index (χ4n) is 2.73. The predicted molar refractivity (Wildman–Crippen MR) is 97.4 cm³/mol. The molecular weight excluding hydrogens is 328 g/mol. The molecule has 26 heavy (non-hydrogen) atoms. The second kappa shape index (κ2) is 6.18. The Morgan fingerprint density at radius 2 is 1.85 bits per heavy atom. The van der Waals surface area contributed by atoms with Gasteiger partial charge in [-0.05, 0) is 36.4 Å². The lowest BCUT2D eigenvalue weighted by atomic mass is 10.1. The van der Waals surface area contributed by atoms with Crippen LogP contribution in [0.2, 0.25) is 0 Å². The van der Waals surface area contributed by atoms with Crippen LogP contribution in [0.5, 0.6) is 5.75 Å². The summed E-state index contributed by atoms with van der Waals surface area (Å²) in [6.07, 6.45) is 3.27. The monoisotopic (exact) mass is 342 g/mol. The van der Waals surface area contributed by atoms with Crippen LogP contribution in [-0.2, 0) is 0 Å². The van der Waals surface area contributed by atoms with E-state index in [9.17, 15) is 10.4 Å². The Balaban J connectivity index is 1.81. The van der Waals surface area contributed by atoms with Crippen molar-refractivity contribution in [3.8, 4) is 23.1 Å². The molecule has 0 aliphatic carbocycles. The number of imidazole rings is 1. The summed E-state index contributed by atoms with van der Waals surface area (Å²) in [5.74, 6) is 0.716. The maximum Gasteiger partial charge on any atom is 0.166 e. The maximum absolute atomic E-state index is 9.48. The van der Waals surface area contributed by atoms with E-state index in [1.165, 1.54) is 0 Å². The molecule has 0 saturated carbocycles. The van der Waals surface area contributed by atoms with Crippen LogP contribution >= 0.6 is 0 Å². The Morgan fingerprint density at radius 3 is 2.62 bits per heavy atom. The van der Waals surface area contributed by atoms with Crippen molar-refractivity contribution in [2.75, 3.05) is 12.1 Å². The number of fused-ring (bicyclic) bond motifs is 1. The molecule has 0 bridgehead atoms. The zero-order valence-electron chi connectivity index (χ0n) is 13.9. The first-order valence-electron chi connectivity index (χ1n) is 7.90. The molecule has 0 amide bonds. The lowest BCUT2D eigenvalue weighted by molar-refractivity contribution is 0.475. The molecule has 0 fully saturated rings. The number of aromatic hydroxyl groups is 1. The molecule has 0 atom stereocenters. The number of para-hydroxylation sites is 2. The van der Waals surface area contributed by atoms with Gasteiger partial charge in [0.1, 0.15) is 23.8 Å². The van der Waals surface area contributed by atoms with E-state index in [4.69, 9.17) is 0 Å². The van der Waals surface area contributed by atoms with Gasteiger partial charge in [0.05, 0.1) is 17.2 Å². The van der Waals surface area contributed by atoms with Crippen molar-refractivity contribution in [1.82, 2.24) is 19.6 Å². The second-order valence-electron chi connectivity index (χ2n) is 5.69. The van der Waals surface area contributed by atoms with Crippen molar-refractivity contribution in [3.05, 3.63) is 66.7 Å². The van der Waals surface area contributed by atoms with Crippen LogP contribution in [0.1, 0.15) is 5.69 Å². The van der Waals surface area contributed by atoms with Gasteiger partial charge >= 0.3 is 0 Å². The van der Waals surface area contributed by atoms with E-state index in [-0.39, 0.29) is 11.4 Å². The normalized spacial score (nSPS) is 10.6. The third kappa shape index (κ3) is 2.59. The van der Waals surface area contributed by atoms with E-state index in [0.29, 0.717) is 17.1 Å². The summed E-state index contributed by atoms with van der Waals surface area (Å²) in [6, 6.07) is 16.4. The second-order valence-corrected chi connectivity index (χ2v) is 5.69. The van der Waals surface area contributed by atoms with Crippen LogP contribution < -0.4 is 5.01 Å². The Labute approximate surface area is 149 Å². The number of nitrogens with zero attached hydrogens (tertiary/aromatic N) is 6. The number of rotatable bonds is 3. The van der Waals surface area contributed by atoms with Gasteiger partial charge < -0.3 is 5.11 Å². The third-order valence-electron chi connectivity index (χ3n) is 4.10. The first-order valence-corrected chi connectivity index (χ1v) is 7.90. The number of hydrogen-bond acceptors (Lipinski definition) is 6. The standard InChI is InChI=1S/C19H14N6O/c1-24(25-12-22-15-4-2-3-5-17(15)25)18-11-21-16(10-20)19(23-18)13-6-8-14(26)9-7-13/h2-9,11-12,26H,1H3. The maximum atomic E-state index is 9.48. The van der Waals surface area contributed by atoms with Gasteiger partial charge in [-0.3, -0.25) is 5.01 Å². The minimum Gasteiger partial charge on any atom is -0.508 e. The molecule has 0 radical (unpaired) electrons. The van der Waals surface area contributed by atoms with E-state index in [1.54, 1.807) is 36.8 Å². The molecule has 2 aromatic heterocycles. The van der Waals surface area contributed by atoms with E-state index in [1.807, 2.05) is 41.0 Å². The molecule has 2 heterocycles. The Kier molecular flexibility index (Phi) is 3.71. The summed E-state index contributed by atoms with van der Waals surface area (Å²) in [5.41, 5.74) is 3.20. The molecule has 0 saturated heterocycles. The van der Waals surface area contributed by atoms with Crippen molar-refractivity contribution in [2.24, 2.45) is 0 Å². The van der Waals surface area contributed by atoms with Gasteiger partial charge in [-0.2, -0.15) is 5.26 Å². The highest BCUT2D eigenvalue weighted by molar-refractivity contribution is 5.76. The van der Waals surface area contributed by atoms with Crippen LogP contribution in [0.4, 0.5) is 5.82 Å². The smallest absolute Gasteiger partial charge is 0.166 e. The molecule has 1 N–H and O–H groups in total. The number of benzene rings is 2. The molecule has 4 rings (SSSR count). The molecule has 126 valence electrons. The first kappa shape index (κ1) is 15.6. The van der Waals surface area contributed by atoms with Crippen LogP contribution in [-0.4, -0.2) is 31.8 Å². The van der Waals surface area contributed by atoms with Crippen LogP contribution in [0.25, 0.3) is 22.3 Å². The summed E-state index contributed by atoms with van der Waals surface area (Å²) in [6.45, 7) is 0. The largest absolute Gasteiger partial charge is 0.508 e. The van der Waals surface area contributed by atoms with Crippen molar-refractivity contribution >= 4 is 16.9 Å². The topological polar surface area (TPSA) is 90.9 Å². The number of hydrogen-bond donors (Lipinski definition) is 1. The zero-order valence-corrected chi connectivity index (χ0v) is 13.9. The predicted octanol–water partition coefficient (Wildman–Crippen LogP) is 2.97. The van der Waals surface area contributed by atoms with Gasteiger partial charge in [-0.15, -0.1) is 0 Å². The van der Waals surface area contributed by atoms with Gasteiger partial charge in [0.25, 0.3) is 0 Å². The number of phenols is 1. The average Bonchev–Trinajstić information content (AvgIpc) is 3.11. The van der Waals surface area contributed by atoms with E-state index >= 15 is 0 Å². The fraction of sp³-hybridized carbons (Fsp3) is 0.0526. The highest BCUT2D eigenvalue weighted by atomic mass is 16.3. The van der Waals surface area contributed by atoms with Gasteiger partial charge in [-0.1, -0.05) is 12.1 Å². The first-order chi connectivity index (χ1) is 12.7. The number of phenolic OH excluding ortho intramolecular Hbond substituents is 1. The molecule has 0 unspecified atom stereocenters. The van der Waals surface area contributed by atoms with E-state index in [0.717, 1.165) is 11.0 Å². The lowest BCUT2D eigenvalue weighted by Gasteiger charge is -2.20. The van der Waals surface area contributed by atoms with Crippen LogP contribution in [0.15, 0.2) is 61.1 Å². The minimum absolute atomic E-state index is 0.151. The summed E-state index contributed by atoms with van der Waals surface area (Å²) in [7, 11) is 1.85. The Morgan fingerprint density at radius 1 is 1.08 bits per heavy atom. The zero-order chi connectivity index (χ0) is 18.1. The fourth-order valence-corrected chi connectivity index (χ4v) is 2.73. The summed E-state index contributed by atoms with van der Waals surface area (Å²) in [5, 5.41) is 20.7. The number of aromatic nitrogens is 4. The quantitative estimate of drug-likeness (QED) is 0.615. The lowest BCUT2D eigenvalue weighted by Crippen LogP contribution is -2.25.